The number of aryl methyl sites for hydroxylation is 3. The zero-order chi connectivity index (χ0) is 22.3. The quantitative estimate of drug-likeness (QED) is 0.583. The lowest BCUT2D eigenvalue weighted by Gasteiger charge is -2.33. The third-order valence-corrected chi connectivity index (χ3v) is 5.44. The molecule has 4 heteroatoms. The number of pyridine rings is 1. The van der Waals surface area contributed by atoms with Crippen LogP contribution in [0.15, 0.2) is 36.5 Å². The van der Waals surface area contributed by atoms with E-state index in [0.29, 0.717) is 6.42 Å². The Balaban J connectivity index is 1.99. The lowest BCUT2D eigenvalue weighted by molar-refractivity contribution is -0.122. The summed E-state index contributed by atoms with van der Waals surface area (Å²) in [5, 5.41) is 3.25. The van der Waals surface area contributed by atoms with E-state index in [0.717, 1.165) is 34.6 Å². The number of benzene rings is 1. The number of amides is 1. The van der Waals surface area contributed by atoms with E-state index >= 15 is 0 Å². The van der Waals surface area contributed by atoms with E-state index in [1.54, 1.807) is 0 Å². The molecule has 0 aliphatic carbocycles. The van der Waals surface area contributed by atoms with Crippen molar-refractivity contribution in [2.24, 2.45) is 5.41 Å². The van der Waals surface area contributed by atoms with Crippen molar-refractivity contribution in [1.82, 2.24) is 14.7 Å². The van der Waals surface area contributed by atoms with Crippen LogP contribution in [0.2, 0.25) is 0 Å². The minimum atomic E-state index is -0.271. The third kappa shape index (κ3) is 5.10. The van der Waals surface area contributed by atoms with E-state index in [4.69, 9.17) is 4.98 Å². The highest BCUT2D eigenvalue weighted by atomic mass is 16.1. The first kappa shape index (κ1) is 22.1. The zero-order valence-electron chi connectivity index (χ0n) is 19.7. The largest absolute Gasteiger partial charge is 0.351 e. The summed E-state index contributed by atoms with van der Waals surface area (Å²) in [6.45, 7) is 17.1. The molecule has 0 atom stereocenters. The highest BCUT2D eigenvalue weighted by Gasteiger charge is 2.28. The van der Waals surface area contributed by atoms with Crippen molar-refractivity contribution in [3.8, 4) is 11.3 Å². The molecule has 0 fully saturated rings. The molecule has 0 unspecified atom stereocenters. The number of aromatic nitrogens is 2. The second-order valence-corrected chi connectivity index (χ2v) is 10.5. The van der Waals surface area contributed by atoms with Gasteiger partial charge in [-0.15, -0.1) is 0 Å². The van der Waals surface area contributed by atoms with Crippen molar-refractivity contribution in [3.63, 3.8) is 0 Å². The van der Waals surface area contributed by atoms with E-state index in [-0.39, 0.29) is 16.9 Å². The number of nitrogens with zero attached hydrogens (tertiary/aromatic N) is 2. The van der Waals surface area contributed by atoms with E-state index in [1.165, 1.54) is 11.1 Å². The van der Waals surface area contributed by atoms with Gasteiger partial charge in [-0.25, -0.2) is 4.98 Å². The van der Waals surface area contributed by atoms with Gasteiger partial charge in [0.05, 0.1) is 17.8 Å². The van der Waals surface area contributed by atoms with Crippen LogP contribution in [-0.2, 0) is 11.2 Å². The molecular formula is C26H35N3O. The first-order chi connectivity index (χ1) is 13.8. The number of hydrogen-bond acceptors (Lipinski definition) is 2. The third-order valence-electron chi connectivity index (χ3n) is 5.44. The number of imidazole rings is 1. The first-order valence-electron chi connectivity index (χ1n) is 10.7. The number of hydrogen-bond donors (Lipinski definition) is 1. The van der Waals surface area contributed by atoms with Crippen LogP contribution in [0, 0.1) is 26.2 Å². The summed E-state index contributed by atoms with van der Waals surface area (Å²) in [5.41, 5.74) is 7.24. The molecule has 0 saturated carbocycles. The molecule has 0 bridgehead atoms. The van der Waals surface area contributed by atoms with Gasteiger partial charge in [0.25, 0.3) is 0 Å². The minimum absolute atomic E-state index is 0.0247. The number of fused-ring (bicyclic) bond motifs is 1. The van der Waals surface area contributed by atoms with Crippen LogP contribution in [0.4, 0.5) is 0 Å². The topological polar surface area (TPSA) is 46.4 Å². The number of rotatable bonds is 5. The van der Waals surface area contributed by atoms with Crippen LogP contribution < -0.4 is 5.32 Å². The van der Waals surface area contributed by atoms with Crippen LogP contribution in [0.25, 0.3) is 16.9 Å². The summed E-state index contributed by atoms with van der Waals surface area (Å²) in [6, 6.07) is 10.5. The molecule has 3 aromatic rings. The SMILES string of the molecule is Cc1ccn2c(CC(=O)NC(C)(C)CC(C)(C)C)c(-c3ccc(C)c(C)c3)nc2c1. The summed E-state index contributed by atoms with van der Waals surface area (Å²) < 4.78 is 2.05. The minimum Gasteiger partial charge on any atom is -0.351 e. The maximum atomic E-state index is 13.1. The van der Waals surface area contributed by atoms with Crippen LogP contribution in [0.3, 0.4) is 0 Å². The Hall–Kier alpha value is -2.62. The molecule has 30 heavy (non-hydrogen) atoms. The predicted octanol–water partition coefficient (Wildman–Crippen LogP) is 5.80. The molecule has 2 heterocycles. The zero-order valence-corrected chi connectivity index (χ0v) is 19.7. The van der Waals surface area contributed by atoms with Gasteiger partial charge in [0.2, 0.25) is 5.91 Å². The van der Waals surface area contributed by atoms with Crippen LogP contribution in [0.5, 0.6) is 0 Å². The van der Waals surface area contributed by atoms with Gasteiger partial charge in [0, 0.05) is 17.3 Å². The average molecular weight is 406 g/mol. The predicted molar refractivity (Wildman–Crippen MR) is 125 cm³/mol. The maximum absolute atomic E-state index is 13.1. The fraction of sp³-hybridized carbons (Fsp3) is 0.462. The lowest BCUT2D eigenvalue weighted by atomic mass is 9.81. The molecule has 3 rings (SSSR count). The van der Waals surface area contributed by atoms with Gasteiger partial charge < -0.3 is 9.72 Å². The number of carbonyl (C=O) groups is 1. The molecule has 0 aliphatic rings. The van der Waals surface area contributed by atoms with E-state index in [1.807, 2.05) is 10.6 Å². The highest BCUT2D eigenvalue weighted by Crippen LogP contribution is 2.29. The molecule has 1 N–H and O–H groups in total. The van der Waals surface area contributed by atoms with Crippen molar-refractivity contribution in [2.75, 3.05) is 0 Å². The van der Waals surface area contributed by atoms with Crippen molar-refractivity contribution in [3.05, 3.63) is 58.9 Å². The molecule has 160 valence electrons. The fourth-order valence-electron chi connectivity index (χ4n) is 4.43. The molecular weight excluding hydrogens is 370 g/mol. The molecule has 1 aromatic carbocycles. The lowest BCUT2D eigenvalue weighted by Crippen LogP contribution is -2.46. The summed E-state index contributed by atoms with van der Waals surface area (Å²) in [4.78, 5) is 18.0. The summed E-state index contributed by atoms with van der Waals surface area (Å²) >= 11 is 0. The second-order valence-electron chi connectivity index (χ2n) is 10.5. The van der Waals surface area contributed by atoms with Crippen LogP contribution >= 0.6 is 0 Å². The average Bonchev–Trinajstić information content (AvgIpc) is 2.92. The Kier molecular flexibility index (Phi) is 5.81. The second kappa shape index (κ2) is 7.90. The van der Waals surface area contributed by atoms with Crippen molar-refractivity contribution >= 4 is 11.6 Å². The first-order valence-corrected chi connectivity index (χ1v) is 10.7. The molecule has 2 aromatic heterocycles. The molecule has 0 saturated heterocycles. The Morgan fingerprint density at radius 3 is 2.33 bits per heavy atom. The summed E-state index contributed by atoms with van der Waals surface area (Å²) in [6.07, 6.45) is 3.22. The normalized spacial score (nSPS) is 12.4. The summed E-state index contributed by atoms with van der Waals surface area (Å²) in [5.74, 6) is 0.0247. The van der Waals surface area contributed by atoms with Crippen molar-refractivity contribution in [2.45, 2.75) is 73.8 Å². The van der Waals surface area contributed by atoms with E-state index in [2.05, 4.69) is 91.0 Å². The molecule has 0 aliphatic heterocycles. The van der Waals surface area contributed by atoms with Crippen molar-refractivity contribution in [1.29, 1.82) is 0 Å². The van der Waals surface area contributed by atoms with Crippen molar-refractivity contribution < 1.29 is 4.79 Å². The fourth-order valence-corrected chi connectivity index (χ4v) is 4.43. The van der Waals surface area contributed by atoms with Crippen LogP contribution in [0.1, 0.15) is 63.4 Å². The smallest absolute Gasteiger partial charge is 0.226 e. The van der Waals surface area contributed by atoms with Gasteiger partial charge in [-0.2, -0.15) is 0 Å². The maximum Gasteiger partial charge on any atom is 0.226 e. The Bertz CT molecular complexity index is 1080. The Labute approximate surface area is 180 Å². The Morgan fingerprint density at radius 2 is 1.70 bits per heavy atom. The van der Waals surface area contributed by atoms with Gasteiger partial charge in [-0.1, -0.05) is 32.9 Å². The Morgan fingerprint density at radius 1 is 1.00 bits per heavy atom. The highest BCUT2D eigenvalue weighted by molar-refractivity contribution is 5.82. The molecule has 1 amide bonds. The number of carbonyl (C=O) groups excluding carboxylic acids is 1. The molecule has 0 radical (unpaired) electrons. The van der Waals surface area contributed by atoms with Gasteiger partial charge in [-0.05, 0) is 81.3 Å². The van der Waals surface area contributed by atoms with Gasteiger partial charge in [-0.3, -0.25) is 4.79 Å². The standard InChI is InChI=1S/C26H35N3O/c1-17-11-12-29-21(15-23(30)28-26(7,8)16-25(4,5)6)24(27-22(29)13-17)20-10-9-18(2)19(3)14-20/h9-14H,15-16H2,1-8H3,(H,28,30). The molecule has 4 nitrogen and oxygen atoms in total. The molecule has 0 spiro atoms. The monoisotopic (exact) mass is 405 g/mol. The van der Waals surface area contributed by atoms with Gasteiger partial charge >= 0.3 is 0 Å². The van der Waals surface area contributed by atoms with Gasteiger partial charge in [0.1, 0.15) is 5.65 Å². The van der Waals surface area contributed by atoms with Crippen LogP contribution in [-0.4, -0.2) is 20.8 Å². The van der Waals surface area contributed by atoms with Gasteiger partial charge in [0.15, 0.2) is 0 Å². The summed E-state index contributed by atoms with van der Waals surface area (Å²) in [7, 11) is 0. The van der Waals surface area contributed by atoms with E-state index in [9.17, 15) is 4.79 Å². The van der Waals surface area contributed by atoms with E-state index < -0.39 is 0 Å². The number of nitrogens with one attached hydrogen (secondary N) is 1.